The number of para-hydroxylation sites is 2. The molecule has 0 N–H and O–H groups in total. The third-order valence-electron chi connectivity index (χ3n) is 5.79. The lowest BCUT2D eigenvalue weighted by Crippen LogP contribution is -2.49. The zero-order valence-electron chi connectivity index (χ0n) is 31.9. The van der Waals surface area contributed by atoms with Crippen LogP contribution in [0.5, 0.6) is 11.5 Å². The standard InChI is InChI=1S/C24H37NO7.C6H12O2.3C2H6/c1-7-28-20-10-8-9-11-21(20)30-15-19-14-25(12-13-29-19)24(27)32-23(17(4)5)31-22(26)18(6)16(2)3;1-5(7)8-6(2,3)4;3*1-2/h8-11,16-19,23H,7,12-15H2,1-6H3;1-4H3;3*1-2H3/t18-,19?,23?;;;;/m1..../s1. The highest BCUT2D eigenvalue weighted by Gasteiger charge is 2.31. The van der Waals surface area contributed by atoms with Crippen LogP contribution < -0.4 is 9.47 Å². The van der Waals surface area contributed by atoms with Gasteiger partial charge in [-0.2, -0.15) is 0 Å². The number of carbonyl (C=O) groups is 3. The summed E-state index contributed by atoms with van der Waals surface area (Å²) in [4.78, 5) is 36.9. The molecule has 3 atom stereocenters. The summed E-state index contributed by atoms with van der Waals surface area (Å²) in [6, 6.07) is 7.43. The van der Waals surface area contributed by atoms with Crippen molar-refractivity contribution in [3.05, 3.63) is 24.3 Å². The second-order valence-electron chi connectivity index (χ2n) is 11.3. The van der Waals surface area contributed by atoms with E-state index in [2.05, 4.69) is 0 Å². The molecule has 10 heteroatoms. The fourth-order valence-corrected chi connectivity index (χ4v) is 3.41. The second-order valence-corrected chi connectivity index (χ2v) is 11.3. The number of carbonyl (C=O) groups excluding carboxylic acids is 3. The van der Waals surface area contributed by atoms with Gasteiger partial charge in [-0.3, -0.25) is 9.59 Å². The second kappa shape index (κ2) is 27.1. The molecule has 10 nitrogen and oxygen atoms in total. The van der Waals surface area contributed by atoms with Gasteiger partial charge >= 0.3 is 18.0 Å². The van der Waals surface area contributed by atoms with Gasteiger partial charge in [0.15, 0.2) is 11.5 Å². The van der Waals surface area contributed by atoms with Gasteiger partial charge < -0.3 is 33.3 Å². The van der Waals surface area contributed by atoms with Crippen LogP contribution in [-0.2, 0) is 28.5 Å². The fourth-order valence-electron chi connectivity index (χ4n) is 3.41. The molecule has 1 fully saturated rings. The Kier molecular flexibility index (Phi) is 28.0. The van der Waals surface area contributed by atoms with Crippen molar-refractivity contribution in [2.45, 2.75) is 129 Å². The van der Waals surface area contributed by atoms with Gasteiger partial charge in [-0.05, 0) is 45.7 Å². The number of amides is 1. The van der Waals surface area contributed by atoms with Gasteiger partial charge in [0.2, 0.25) is 0 Å². The first kappa shape index (κ1) is 47.4. The van der Waals surface area contributed by atoms with E-state index >= 15 is 0 Å². The summed E-state index contributed by atoms with van der Waals surface area (Å²) in [7, 11) is 0. The van der Waals surface area contributed by atoms with Crippen molar-refractivity contribution in [1.29, 1.82) is 0 Å². The Labute approximate surface area is 280 Å². The number of esters is 2. The summed E-state index contributed by atoms with van der Waals surface area (Å²) in [6.45, 7) is 32.1. The first-order chi connectivity index (χ1) is 21.6. The first-order valence-electron chi connectivity index (χ1n) is 17.0. The summed E-state index contributed by atoms with van der Waals surface area (Å²) < 4.78 is 33.0. The van der Waals surface area contributed by atoms with E-state index in [1.807, 2.05) is 128 Å². The zero-order chi connectivity index (χ0) is 36.5. The van der Waals surface area contributed by atoms with Crippen molar-refractivity contribution in [1.82, 2.24) is 4.90 Å². The molecule has 0 bridgehead atoms. The normalized spacial score (nSPS) is 15.0. The minimum Gasteiger partial charge on any atom is -0.490 e. The summed E-state index contributed by atoms with van der Waals surface area (Å²) in [5, 5.41) is 0. The summed E-state index contributed by atoms with van der Waals surface area (Å²) in [6.07, 6.45) is -1.78. The molecule has 2 rings (SSSR count). The minimum atomic E-state index is -0.938. The monoisotopic (exact) mass is 657 g/mol. The lowest BCUT2D eigenvalue weighted by atomic mass is 9.98. The maximum absolute atomic E-state index is 12.8. The molecule has 0 radical (unpaired) electrons. The van der Waals surface area contributed by atoms with Crippen LogP contribution in [0.25, 0.3) is 0 Å². The Bertz CT molecular complexity index is 928. The summed E-state index contributed by atoms with van der Waals surface area (Å²) in [5.74, 6) is 0.393. The van der Waals surface area contributed by atoms with Crippen molar-refractivity contribution in [2.75, 3.05) is 32.9 Å². The molecule has 1 saturated heterocycles. The molecule has 0 aromatic heterocycles. The average molecular weight is 658 g/mol. The van der Waals surface area contributed by atoms with Crippen LogP contribution in [0.4, 0.5) is 4.79 Å². The predicted octanol–water partition coefficient (Wildman–Crippen LogP) is 8.55. The number of benzene rings is 1. The van der Waals surface area contributed by atoms with E-state index in [1.54, 1.807) is 4.90 Å². The van der Waals surface area contributed by atoms with Gasteiger partial charge in [-0.15, -0.1) is 0 Å². The van der Waals surface area contributed by atoms with E-state index in [0.29, 0.717) is 37.8 Å². The molecular weight excluding hydrogens is 590 g/mol. The number of hydrogen-bond donors (Lipinski definition) is 0. The number of ether oxygens (including phenoxy) is 6. The van der Waals surface area contributed by atoms with Gasteiger partial charge in [0, 0.05) is 19.4 Å². The molecule has 46 heavy (non-hydrogen) atoms. The molecule has 270 valence electrons. The van der Waals surface area contributed by atoms with Crippen LogP contribution in [0.1, 0.15) is 111 Å². The first-order valence-corrected chi connectivity index (χ1v) is 17.0. The van der Waals surface area contributed by atoms with Gasteiger partial charge in [-0.25, -0.2) is 4.79 Å². The minimum absolute atomic E-state index is 0.138. The highest BCUT2D eigenvalue weighted by Crippen LogP contribution is 2.27. The molecule has 0 saturated carbocycles. The maximum Gasteiger partial charge on any atom is 0.413 e. The van der Waals surface area contributed by atoms with Crippen LogP contribution in [0.2, 0.25) is 0 Å². The van der Waals surface area contributed by atoms with E-state index in [4.69, 9.17) is 28.4 Å². The average Bonchev–Trinajstić information content (AvgIpc) is 3.02. The van der Waals surface area contributed by atoms with Crippen molar-refractivity contribution < 1.29 is 42.8 Å². The number of hydrogen-bond acceptors (Lipinski definition) is 9. The molecule has 0 aliphatic carbocycles. The zero-order valence-corrected chi connectivity index (χ0v) is 31.9. The van der Waals surface area contributed by atoms with Crippen molar-refractivity contribution in [3.8, 4) is 11.5 Å². The summed E-state index contributed by atoms with van der Waals surface area (Å²) in [5.41, 5.74) is -0.328. The fraction of sp³-hybridized carbons (Fsp3) is 0.750. The predicted molar refractivity (Wildman–Crippen MR) is 185 cm³/mol. The van der Waals surface area contributed by atoms with Gasteiger partial charge in [0.25, 0.3) is 6.29 Å². The Morgan fingerprint density at radius 2 is 1.39 bits per heavy atom. The molecule has 1 aromatic carbocycles. The molecular formula is C36H67NO9. The van der Waals surface area contributed by atoms with E-state index in [9.17, 15) is 14.4 Å². The molecule has 2 unspecified atom stereocenters. The lowest BCUT2D eigenvalue weighted by Gasteiger charge is -2.33. The van der Waals surface area contributed by atoms with Gasteiger partial charge in [0.05, 0.1) is 25.7 Å². The molecule has 1 amide bonds. The van der Waals surface area contributed by atoms with E-state index in [-0.39, 0.29) is 48.0 Å². The number of morpholine rings is 1. The van der Waals surface area contributed by atoms with Crippen molar-refractivity contribution in [2.24, 2.45) is 17.8 Å². The molecule has 1 aromatic rings. The third-order valence-corrected chi connectivity index (χ3v) is 5.79. The Morgan fingerprint density at radius 3 is 1.80 bits per heavy atom. The van der Waals surface area contributed by atoms with E-state index in [0.717, 1.165) is 0 Å². The van der Waals surface area contributed by atoms with Crippen LogP contribution in [-0.4, -0.2) is 73.8 Å². The maximum atomic E-state index is 12.8. The molecule has 0 spiro atoms. The van der Waals surface area contributed by atoms with Crippen LogP contribution in [0.15, 0.2) is 24.3 Å². The Balaban J connectivity index is -0.00000112. The largest absolute Gasteiger partial charge is 0.490 e. The number of rotatable bonds is 10. The summed E-state index contributed by atoms with van der Waals surface area (Å²) >= 11 is 0. The molecule has 1 heterocycles. The number of nitrogens with zero attached hydrogens (tertiary/aromatic N) is 1. The van der Waals surface area contributed by atoms with Crippen molar-refractivity contribution in [3.63, 3.8) is 0 Å². The third kappa shape index (κ3) is 21.7. The van der Waals surface area contributed by atoms with Crippen molar-refractivity contribution >= 4 is 18.0 Å². The lowest BCUT2D eigenvalue weighted by molar-refractivity contribution is -0.183. The Hall–Kier alpha value is -3.01. The highest BCUT2D eigenvalue weighted by molar-refractivity contribution is 5.73. The van der Waals surface area contributed by atoms with Gasteiger partial charge in [0.1, 0.15) is 18.3 Å². The highest BCUT2D eigenvalue weighted by atomic mass is 16.7. The van der Waals surface area contributed by atoms with E-state index in [1.165, 1.54) is 6.92 Å². The van der Waals surface area contributed by atoms with Crippen LogP contribution >= 0.6 is 0 Å². The van der Waals surface area contributed by atoms with Gasteiger partial charge in [-0.1, -0.05) is 88.3 Å². The quantitative estimate of drug-likeness (QED) is 0.181. The topological polar surface area (TPSA) is 110 Å². The Morgan fingerprint density at radius 1 is 0.870 bits per heavy atom. The van der Waals surface area contributed by atoms with E-state index < -0.39 is 12.4 Å². The molecule has 1 aliphatic rings. The van der Waals surface area contributed by atoms with Crippen LogP contribution in [0.3, 0.4) is 0 Å². The van der Waals surface area contributed by atoms with Crippen LogP contribution in [0, 0.1) is 17.8 Å². The smallest absolute Gasteiger partial charge is 0.413 e. The SMILES string of the molecule is CC.CC.CC.CC(=O)OC(C)(C)C.CCOc1ccccc1OCC1CN(C(=O)OC(OC(=O)[C@H](C)C(C)C)C(C)C)CCO1. The molecule has 1 aliphatic heterocycles.